The predicted molar refractivity (Wildman–Crippen MR) is 70.2 cm³/mol. The highest BCUT2D eigenvalue weighted by atomic mass is 16.5. The van der Waals surface area contributed by atoms with Crippen molar-refractivity contribution in [2.75, 3.05) is 7.11 Å². The smallest absolute Gasteiger partial charge is 0.314 e. The highest BCUT2D eigenvalue weighted by Crippen LogP contribution is 2.46. The van der Waals surface area contributed by atoms with Gasteiger partial charge in [0.05, 0.1) is 12.5 Å². The van der Waals surface area contributed by atoms with E-state index in [1.54, 1.807) is 7.11 Å². The van der Waals surface area contributed by atoms with Gasteiger partial charge in [-0.2, -0.15) is 0 Å². The minimum atomic E-state index is -0.746. The van der Waals surface area contributed by atoms with E-state index in [-0.39, 0.29) is 0 Å². The lowest BCUT2D eigenvalue weighted by atomic mass is 9.77. The SMILES string of the molecule is COc1c(C2(C(=O)O)CCCC2)ccc(C)c1C. The van der Waals surface area contributed by atoms with E-state index in [9.17, 15) is 9.90 Å². The fourth-order valence-electron chi connectivity index (χ4n) is 3.01. The van der Waals surface area contributed by atoms with E-state index in [2.05, 4.69) is 0 Å². The molecule has 1 fully saturated rings. The Morgan fingerprint density at radius 2 is 1.89 bits per heavy atom. The molecule has 18 heavy (non-hydrogen) atoms. The number of carboxylic acids is 1. The fourth-order valence-corrected chi connectivity index (χ4v) is 3.01. The summed E-state index contributed by atoms with van der Waals surface area (Å²) in [6.07, 6.45) is 3.37. The largest absolute Gasteiger partial charge is 0.496 e. The summed E-state index contributed by atoms with van der Waals surface area (Å²) < 4.78 is 5.48. The molecule has 1 aromatic carbocycles. The minimum absolute atomic E-state index is 0.710. The molecule has 0 aromatic heterocycles. The Bertz CT molecular complexity index is 471. The molecule has 1 saturated carbocycles. The van der Waals surface area contributed by atoms with Crippen LogP contribution in [-0.2, 0) is 10.2 Å². The molecule has 1 N–H and O–H groups in total. The van der Waals surface area contributed by atoms with Crippen LogP contribution in [0.5, 0.6) is 5.75 Å². The number of methoxy groups -OCH3 is 1. The van der Waals surface area contributed by atoms with Crippen LogP contribution in [0.1, 0.15) is 42.4 Å². The lowest BCUT2D eigenvalue weighted by Crippen LogP contribution is -2.33. The molecule has 0 aliphatic heterocycles. The van der Waals surface area contributed by atoms with Crippen molar-refractivity contribution in [2.24, 2.45) is 0 Å². The molecule has 2 rings (SSSR count). The second kappa shape index (κ2) is 4.63. The molecule has 3 heteroatoms. The Kier molecular flexibility index (Phi) is 3.33. The van der Waals surface area contributed by atoms with E-state index in [1.807, 2.05) is 26.0 Å². The molecule has 98 valence electrons. The van der Waals surface area contributed by atoms with Crippen LogP contribution in [0.3, 0.4) is 0 Å². The van der Waals surface area contributed by atoms with Crippen LogP contribution in [0.4, 0.5) is 0 Å². The molecule has 0 amide bonds. The molecule has 0 radical (unpaired) electrons. The van der Waals surface area contributed by atoms with E-state index in [0.717, 1.165) is 35.3 Å². The predicted octanol–water partition coefficient (Wildman–Crippen LogP) is 3.21. The van der Waals surface area contributed by atoms with Gasteiger partial charge in [0.15, 0.2) is 0 Å². The lowest BCUT2D eigenvalue weighted by molar-refractivity contribution is -0.143. The van der Waals surface area contributed by atoms with Gasteiger partial charge in [-0.25, -0.2) is 0 Å². The number of carbonyl (C=O) groups is 1. The van der Waals surface area contributed by atoms with Gasteiger partial charge in [-0.15, -0.1) is 0 Å². The molecule has 0 bridgehead atoms. The minimum Gasteiger partial charge on any atom is -0.496 e. The molecule has 0 heterocycles. The van der Waals surface area contributed by atoms with Crippen molar-refractivity contribution in [3.8, 4) is 5.75 Å². The highest BCUT2D eigenvalue weighted by molar-refractivity contribution is 5.83. The van der Waals surface area contributed by atoms with Gasteiger partial charge in [-0.1, -0.05) is 25.0 Å². The third kappa shape index (κ3) is 1.78. The summed E-state index contributed by atoms with van der Waals surface area (Å²) >= 11 is 0. The summed E-state index contributed by atoms with van der Waals surface area (Å²) in [5.74, 6) is 0.0286. The van der Waals surface area contributed by atoms with Crippen LogP contribution >= 0.6 is 0 Å². The second-order valence-corrected chi connectivity index (χ2v) is 5.18. The normalized spacial score (nSPS) is 17.7. The number of carboxylic acid groups (broad SMARTS) is 1. The maximum Gasteiger partial charge on any atom is 0.314 e. The first-order valence-corrected chi connectivity index (χ1v) is 6.41. The number of ether oxygens (including phenoxy) is 1. The van der Waals surface area contributed by atoms with Crippen molar-refractivity contribution in [3.63, 3.8) is 0 Å². The highest BCUT2D eigenvalue weighted by Gasteiger charge is 2.45. The number of rotatable bonds is 3. The molecule has 0 saturated heterocycles. The third-order valence-corrected chi connectivity index (χ3v) is 4.26. The molecule has 1 aromatic rings. The van der Waals surface area contributed by atoms with Crippen molar-refractivity contribution < 1.29 is 14.6 Å². The van der Waals surface area contributed by atoms with E-state index >= 15 is 0 Å². The summed E-state index contributed by atoms with van der Waals surface area (Å²) in [7, 11) is 1.62. The maximum atomic E-state index is 11.7. The number of hydrogen-bond donors (Lipinski definition) is 1. The maximum absolute atomic E-state index is 11.7. The van der Waals surface area contributed by atoms with E-state index in [1.165, 1.54) is 0 Å². The quantitative estimate of drug-likeness (QED) is 0.893. The molecular weight excluding hydrogens is 228 g/mol. The van der Waals surface area contributed by atoms with E-state index in [4.69, 9.17) is 4.74 Å². The first kappa shape index (κ1) is 12.9. The topological polar surface area (TPSA) is 46.5 Å². The van der Waals surface area contributed by atoms with Gasteiger partial charge >= 0.3 is 5.97 Å². The van der Waals surface area contributed by atoms with Crippen LogP contribution in [0.2, 0.25) is 0 Å². The molecular formula is C15H20O3. The van der Waals surface area contributed by atoms with Gasteiger partial charge in [0.25, 0.3) is 0 Å². The third-order valence-electron chi connectivity index (χ3n) is 4.26. The Morgan fingerprint density at radius 3 is 2.39 bits per heavy atom. The van der Waals surface area contributed by atoms with Crippen molar-refractivity contribution >= 4 is 5.97 Å². The Balaban J connectivity index is 2.62. The standard InChI is InChI=1S/C15H20O3/c1-10-6-7-12(13(18-3)11(10)2)15(14(16)17)8-4-5-9-15/h6-7H,4-5,8-9H2,1-3H3,(H,16,17). The summed E-state index contributed by atoms with van der Waals surface area (Å²) in [5, 5.41) is 9.64. The van der Waals surface area contributed by atoms with Gasteiger partial charge in [0, 0.05) is 5.56 Å². The average molecular weight is 248 g/mol. The zero-order valence-corrected chi connectivity index (χ0v) is 11.2. The van der Waals surface area contributed by atoms with Gasteiger partial charge in [0.2, 0.25) is 0 Å². The molecule has 1 aliphatic rings. The average Bonchev–Trinajstić information content (AvgIpc) is 2.82. The van der Waals surface area contributed by atoms with Crippen molar-refractivity contribution in [3.05, 3.63) is 28.8 Å². The number of benzene rings is 1. The van der Waals surface area contributed by atoms with Crippen LogP contribution in [0, 0.1) is 13.8 Å². The van der Waals surface area contributed by atoms with Crippen molar-refractivity contribution in [1.29, 1.82) is 0 Å². The zero-order valence-electron chi connectivity index (χ0n) is 11.2. The van der Waals surface area contributed by atoms with Gasteiger partial charge in [-0.05, 0) is 37.8 Å². The van der Waals surface area contributed by atoms with Gasteiger partial charge < -0.3 is 9.84 Å². The Labute approximate surface area is 108 Å². The molecule has 0 atom stereocenters. The first-order chi connectivity index (χ1) is 8.53. The number of aryl methyl sites for hydroxylation is 1. The summed E-state index contributed by atoms with van der Waals surface area (Å²) in [4.78, 5) is 11.7. The summed E-state index contributed by atoms with van der Waals surface area (Å²) in [6, 6.07) is 3.93. The van der Waals surface area contributed by atoms with E-state index in [0.29, 0.717) is 12.8 Å². The molecule has 3 nitrogen and oxygen atoms in total. The first-order valence-electron chi connectivity index (χ1n) is 6.41. The van der Waals surface area contributed by atoms with Crippen molar-refractivity contribution in [2.45, 2.75) is 44.9 Å². The van der Waals surface area contributed by atoms with Crippen LogP contribution in [-0.4, -0.2) is 18.2 Å². The summed E-state index contributed by atoms with van der Waals surface area (Å²) in [5.41, 5.74) is 2.28. The molecule has 1 aliphatic carbocycles. The number of aliphatic carboxylic acids is 1. The monoisotopic (exact) mass is 248 g/mol. The van der Waals surface area contributed by atoms with Crippen LogP contribution in [0.25, 0.3) is 0 Å². The summed E-state index contributed by atoms with van der Waals surface area (Å²) in [6.45, 7) is 4.01. The van der Waals surface area contributed by atoms with Gasteiger partial charge in [-0.3, -0.25) is 4.79 Å². The van der Waals surface area contributed by atoms with E-state index < -0.39 is 11.4 Å². The van der Waals surface area contributed by atoms with Crippen molar-refractivity contribution in [1.82, 2.24) is 0 Å². The van der Waals surface area contributed by atoms with Gasteiger partial charge in [0.1, 0.15) is 5.75 Å². The zero-order chi connectivity index (χ0) is 13.3. The molecule has 0 spiro atoms. The Morgan fingerprint density at radius 1 is 1.28 bits per heavy atom. The second-order valence-electron chi connectivity index (χ2n) is 5.18. The van der Waals surface area contributed by atoms with Crippen LogP contribution in [0.15, 0.2) is 12.1 Å². The number of hydrogen-bond acceptors (Lipinski definition) is 2. The lowest BCUT2D eigenvalue weighted by Gasteiger charge is -2.27. The van der Waals surface area contributed by atoms with Crippen LogP contribution < -0.4 is 4.74 Å². The Hall–Kier alpha value is -1.51. The molecule has 0 unspecified atom stereocenters. The fraction of sp³-hybridized carbons (Fsp3) is 0.533.